The minimum Gasteiger partial charge on any atom is -0.315 e. The summed E-state index contributed by atoms with van der Waals surface area (Å²) in [5.74, 6) is 0. The Kier molecular flexibility index (Phi) is 6.07. The summed E-state index contributed by atoms with van der Waals surface area (Å²) in [5, 5.41) is 10.3. The quantitative estimate of drug-likeness (QED) is 0.820. The highest BCUT2D eigenvalue weighted by Crippen LogP contribution is 2.18. The first-order valence-corrected chi connectivity index (χ1v) is 7.84. The molecule has 1 unspecified atom stereocenters. The first-order chi connectivity index (χ1) is 8.90. The Morgan fingerprint density at radius 1 is 1.50 bits per heavy atom. The van der Waals surface area contributed by atoms with E-state index in [9.17, 15) is 0 Å². The minimum atomic E-state index is 0.426. The summed E-state index contributed by atoms with van der Waals surface area (Å²) in [4.78, 5) is 6.94. The van der Waals surface area contributed by atoms with Crippen LogP contribution in [0.25, 0.3) is 0 Å². The van der Waals surface area contributed by atoms with Crippen molar-refractivity contribution in [1.29, 1.82) is 0 Å². The van der Waals surface area contributed by atoms with Crippen LogP contribution in [0.1, 0.15) is 30.8 Å². The molecular weight excluding hydrogens is 244 g/mol. The van der Waals surface area contributed by atoms with Gasteiger partial charge in [-0.05, 0) is 25.9 Å². The van der Waals surface area contributed by atoms with E-state index in [-0.39, 0.29) is 0 Å². The van der Waals surface area contributed by atoms with Gasteiger partial charge in [0.1, 0.15) is 5.01 Å². The zero-order valence-electron chi connectivity index (χ0n) is 11.2. The lowest BCUT2D eigenvalue weighted by atomic mass is 10.2. The molecule has 0 aromatic carbocycles. The van der Waals surface area contributed by atoms with E-state index in [0.717, 1.165) is 26.1 Å². The number of rotatable bonds is 6. The number of thiazole rings is 1. The normalized spacial score (nSPS) is 19.6. The molecule has 1 saturated heterocycles. The van der Waals surface area contributed by atoms with E-state index in [0.29, 0.717) is 6.04 Å². The van der Waals surface area contributed by atoms with Crippen molar-refractivity contribution >= 4 is 11.3 Å². The molecule has 4 nitrogen and oxygen atoms in total. The van der Waals surface area contributed by atoms with Gasteiger partial charge >= 0.3 is 0 Å². The van der Waals surface area contributed by atoms with Crippen LogP contribution in [0.15, 0.2) is 11.6 Å². The van der Waals surface area contributed by atoms with Gasteiger partial charge in [0.2, 0.25) is 0 Å². The van der Waals surface area contributed by atoms with Crippen LogP contribution in [0.5, 0.6) is 0 Å². The maximum atomic E-state index is 4.40. The molecule has 1 aromatic heterocycles. The van der Waals surface area contributed by atoms with Gasteiger partial charge in [-0.2, -0.15) is 0 Å². The molecule has 0 saturated carbocycles. The average molecular weight is 268 g/mol. The number of nitrogens with zero attached hydrogens (tertiary/aromatic N) is 2. The van der Waals surface area contributed by atoms with Crippen molar-refractivity contribution in [2.75, 3.05) is 39.3 Å². The first-order valence-electron chi connectivity index (χ1n) is 6.96. The molecule has 5 heteroatoms. The van der Waals surface area contributed by atoms with Crippen LogP contribution in [0, 0.1) is 0 Å². The molecule has 0 spiro atoms. The van der Waals surface area contributed by atoms with E-state index >= 15 is 0 Å². The minimum absolute atomic E-state index is 0.426. The molecule has 18 heavy (non-hydrogen) atoms. The molecule has 2 N–H and O–H groups in total. The molecule has 1 aliphatic heterocycles. The third-order valence-corrected chi connectivity index (χ3v) is 4.30. The van der Waals surface area contributed by atoms with Crippen LogP contribution < -0.4 is 10.6 Å². The molecule has 0 aliphatic carbocycles. The summed E-state index contributed by atoms with van der Waals surface area (Å²) in [6, 6.07) is 0.426. The number of hydrogen-bond acceptors (Lipinski definition) is 5. The smallest absolute Gasteiger partial charge is 0.109 e. The summed E-state index contributed by atoms with van der Waals surface area (Å²) in [6.07, 6.45) is 4.27. The van der Waals surface area contributed by atoms with Gasteiger partial charge in [0, 0.05) is 37.8 Å². The standard InChI is InChI=1S/C13H24N4S/c1-2-12(13-16-7-11-18-13)15-6-10-17-8-3-4-14-5-9-17/h7,11-12,14-15H,2-6,8-10H2,1H3. The van der Waals surface area contributed by atoms with Crippen molar-refractivity contribution in [2.24, 2.45) is 0 Å². The Labute approximate surface area is 114 Å². The fraction of sp³-hybridized carbons (Fsp3) is 0.769. The first kappa shape index (κ1) is 13.9. The predicted molar refractivity (Wildman–Crippen MR) is 77.1 cm³/mol. The molecule has 1 aliphatic rings. The van der Waals surface area contributed by atoms with E-state index in [4.69, 9.17) is 0 Å². The van der Waals surface area contributed by atoms with Crippen LogP contribution in [0.3, 0.4) is 0 Å². The summed E-state index contributed by atoms with van der Waals surface area (Å²) in [6.45, 7) is 9.11. The number of hydrogen-bond donors (Lipinski definition) is 2. The van der Waals surface area contributed by atoms with Crippen LogP contribution >= 0.6 is 11.3 Å². The van der Waals surface area contributed by atoms with Gasteiger partial charge in [0.15, 0.2) is 0 Å². The highest BCUT2D eigenvalue weighted by atomic mass is 32.1. The highest BCUT2D eigenvalue weighted by Gasteiger charge is 2.12. The second kappa shape index (κ2) is 7.84. The monoisotopic (exact) mass is 268 g/mol. The van der Waals surface area contributed by atoms with Gasteiger partial charge in [0.25, 0.3) is 0 Å². The van der Waals surface area contributed by atoms with E-state index in [1.807, 2.05) is 6.20 Å². The van der Waals surface area contributed by atoms with Gasteiger partial charge < -0.3 is 15.5 Å². The Balaban J connectivity index is 1.70. The van der Waals surface area contributed by atoms with Crippen LogP contribution in [-0.2, 0) is 0 Å². The lowest BCUT2D eigenvalue weighted by Crippen LogP contribution is -2.35. The fourth-order valence-corrected chi connectivity index (χ4v) is 3.13. The van der Waals surface area contributed by atoms with Gasteiger partial charge in [-0.25, -0.2) is 4.98 Å². The summed E-state index contributed by atoms with van der Waals surface area (Å²) >= 11 is 1.75. The molecule has 2 heterocycles. The van der Waals surface area contributed by atoms with Crippen LogP contribution in [0.4, 0.5) is 0 Å². The van der Waals surface area contributed by atoms with Gasteiger partial charge in [-0.1, -0.05) is 6.92 Å². The molecule has 1 fully saturated rings. The van der Waals surface area contributed by atoms with Crippen molar-refractivity contribution < 1.29 is 0 Å². The fourth-order valence-electron chi connectivity index (χ4n) is 2.33. The largest absolute Gasteiger partial charge is 0.315 e. The lowest BCUT2D eigenvalue weighted by Gasteiger charge is -2.21. The van der Waals surface area contributed by atoms with Crippen molar-refractivity contribution in [1.82, 2.24) is 20.5 Å². The predicted octanol–water partition coefficient (Wildman–Crippen LogP) is 1.48. The molecule has 0 amide bonds. The second-order valence-corrected chi connectivity index (χ2v) is 5.66. The molecular formula is C13H24N4S. The third kappa shape index (κ3) is 4.31. The zero-order valence-corrected chi connectivity index (χ0v) is 12.0. The Morgan fingerprint density at radius 2 is 2.44 bits per heavy atom. The SMILES string of the molecule is CCC(NCCN1CCCNCC1)c1nccs1. The molecule has 1 atom stereocenters. The Hall–Kier alpha value is -0.490. The maximum Gasteiger partial charge on any atom is 0.109 e. The Morgan fingerprint density at radius 3 is 3.22 bits per heavy atom. The zero-order chi connectivity index (χ0) is 12.6. The van der Waals surface area contributed by atoms with Crippen molar-refractivity contribution in [2.45, 2.75) is 25.8 Å². The lowest BCUT2D eigenvalue weighted by molar-refractivity contribution is 0.285. The molecule has 0 radical (unpaired) electrons. The van der Waals surface area contributed by atoms with E-state index in [2.05, 4.69) is 32.8 Å². The third-order valence-electron chi connectivity index (χ3n) is 3.41. The van der Waals surface area contributed by atoms with Crippen molar-refractivity contribution in [3.63, 3.8) is 0 Å². The summed E-state index contributed by atoms with van der Waals surface area (Å²) < 4.78 is 0. The van der Waals surface area contributed by atoms with Crippen LogP contribution in [-0.4, -0.2) is 49.2 Å². The molecule has 1 aromatic rings. The number of nitrogens with one attached hydrogen (secondary N) is 2. The topological polar surface area (TPSA) is 40.2 Å². The van der Waals surface area contributed by atoms with E-state index in [1.165, 1.54) is 31.1 Å². The molecule has 0 bridgehead atoms. The van der Waals surface area contributed by atoms with Crippen molar-refractivity contribution in [3.05, 3.63) is 16.6 Å². The Bertz CT molecular complexity index is 307. The van der Waals surface area contributed by atoms with E-state index in [1.54, 1.807) is 11.3 Å². The van der Waals surface area contributed by atoms with Crippen molar-refractivity contribution in [3.8, 4) is 0 Å². The average Bonchev–Trinajstić information content (AvgIpc) is 2.79. The highest BCUT2D eigenvalue weighted by molar-refractivity contribution is 7.09. The molecule has 102 valence electrons. The molecule has 2 rings (SSSR count). The van der Waals surface area contributed by atoms with Gasteiger partial charge in [-0.3, -0.25) is 0 Å². The van der Waals surface area contributed by atoms with Crippen LogP contribution in [0.2, 0.25) is 0 Å². The second-order valence-electron chi connectivity index (χ2n) is 4.73. The summed E-state index contributed by atoms with van der Waals surface area (Å²) in [5.41, 5.74) is 0. The summed E-state index contributed by atoms with van der Waals surface area (Å²) in [7, 11) is 0. The number of aromatic nitrogens is 1. The van der Waals surface area contributed by atoms with E-state index < -0.39 is 0 Å². The maximum absolute atomic E-state index is 4.40. The van der Waals surface area contributed by atoms with Gasteiger partial charge in [0.05, 0.1) is 6.04 Å². The van der Waals surface area contributed by atoms with Gasteiger partial charge in [-0.15, -0.1) is 11.3 Å².